The van der Waals surface area contributed by atoms with Crippen molar-refractivity contribution < 1.29 is 80.6 Å². The SMILES string of the molecule is O=C(Oc1cc2ccc(S(=O)(=O)[O-])cc2cc1OC(=O)c1ccccc1)c1ccccc1.O=C(Oc1cc2ccc(S(=O)(=O)[O-])cc2cc1OC(=O)c1ccccc1)c1ccccc1.[Ni+2]. The first-order chi connectivity index (χ1) is 30.6. The number of ether oxygens (including phenoxy) is 4. The van der Waals surface area contributed by atoms with Crippen LogP contribution in [0, 0.1) is 0 Å². The van der Waals surface area contributed by atoms with Gasteiger partial charge in [0.25, 0.3) is 0 Å². The summed E-state index contributed by atoms with van der Waals surface area (Å²) in [5.74, 6) is -3.00. The van der Waals surface area contributed by atoms with Gasteiger partial charge in [0.15, 0.2) is 23.0 Å². The normalized spacial score (nSPS) is 11.0. The summed E-state index contributed by atoms with van der Waals surface area (Å²) in [4.78, 5) is 49.4. The van der Waals surface area contributed by atoms with Crippen LogP contribution < -0.4 is 18.9 Å². The Morgan fingerprint density at radius 1 is 0.323 bits per heavy atom. The molecule has 0 saturated heterocycles. The monoisotopic (exact) mass is 952 g/mol. The topological polar surface area (TPSA) is 220 Å². The average molecular weight is 954 g/mol. The predicted octanol–water partition coefficient (Wildman–Crippen LogP) is 8.36. The van der Waals surface area contributed by atoms with E-state index >= 15 is 0 Å². The third-order valence-corrected chi connectivity index (χ3v) is 10.8. The molecular weight excluding hydrogens is 923 g/mol. The van der Waals surface area contributed by atoms with E-state index in [2.05, 4.69) is 0 Å². The molecule has 0 saturated carbocycles. The smallest absolute Gasteiger partial charge is 0.744 e. The number of carbonyl (C=O) groups is 4. The van der Waals surface area contributed by atoms with Crippen LogP contribution in [-0.4, -0.2) is 49.8 Å². The summed E-state index contributed by atoms with van der Waals surface area (Å²) in [6, 6.07) is 45.9. The number of hydrogen-bond acceptors (Lipinski definition) is 14. The second-order valence-corrected chi connectivity index (χ2v) is 16.3. The van der Waals surface area contributed by atoms with Gasteiger partial charge in [0.1, 0.15) is 20.2 Å². The van der Waals surface area contributed by atoms with Crippen LogP contribution in [0.25, 0.3) is 21.5 Å². The maximum Gasteiger partial charge on any atom is 2.00 e. The van der Waals surface area contributed by atoms with Gasteiger partial charge in [0.05, 0.1) is 32.0 Å². The molecule has 8 aromatic carbocycles. The molecule has 8 rings (SSSR count). The van der Waals surface area contributed by atoms with Gasteiger partial charge in [-0.05, 0) is 119 Å². The fourth-order valence-electron chi connectivity index (χ4n) is 6.03. The fourth-order valence-corrected chi connectivity index (χ4v) is 7.04. The van der Waals surface area contributed by atoms with Crippen LogP contribution in [0.2, 0.25) is 0 Å². The van der Waals surface area contributed by atoms with Crippen LogP contribution in [-0.2, 0) is 36.7 Å². The molecule has 0 fully saturated rings. The summed E-state index contributed by atoms with van der Waals surface area (Å²) < 4.78 is 90.2. The largest absolute Gasteiger partial charge is 2.00 e. The summed E-state index contributed by atoms with van der Waals surface area (Å²) in [6.07, 6.45) is 0. The predicted molar refractivity (Wildman–Crippen MR) is 229 cm³/mol. The average Bonchev–Trinajstić information content (AvgIpc) is 3.29. The van der Waals surface area contributed by atoms with Crippen molar-refractivity contribution in [2.75, 3.05) is 0 Å². The molecule has 0 radical (unpaired) electrons. The number of benzene rings is 8. The molecule has 0 aliphatic rings. The first-order valence-corrected chi connectivity index (χ1v) is 21.6. The maximum atomic E-state index is 12.6. The van der Waals surface area contributed by atoms with E-state index in [9.17, 15) is 45.1 Å². The van der Waals surface area contributed by atoms with E-state index in [0.29, 0.717) is 32.7 Å². The van der Waals surface area contributed by atoms with Crippen molar-refractivity contribution >= 4 is 65.7 Å². The van der Waals surface area contributed by atoms with Crippen LogP contribution >= 0.6 is 0 Å². The Morgan fingerprint density at radius 3 is 0.785 bits per heavy atom. The molecule has 0 heterocycles. The van der Waals surface area contributed by atoms with Crippen molar-refractivity contribution in [3.05, 3.63) is 204 Å². The number of hydrogen-bond donors (Lipinski definition) is 0. The number of fused-ring (bicyclic) bond motifs is 2. The van der Waals surface area contributed by atoms with Gasteiger partial charge in [-0.15, -0.1) is 0 Å². The Kier molecular flexibility index (Phi) is 14.7. The van der Waals surface area contributed by atoms with Gasteiger partial charge in [-0.1, -0.05) is 84.9 Å². The summed E-state index contributed by atoms with van der Waals surface area (Å²) in [5.41, 5.74) is 1.12. The van der Waals surface area contributed by atoms with Gasteiger partial charge in [-0.25, -0.2) is 36.0 Å². The summed E-state index contributed by atoms with van der Waals surface area (Å²) in [6.45, 7) is 0. The van der Waals surface area contributed by atoms with Gasteiger partial charge in [0.2, 0.25) is 0 Å². The molecule has 8 aromatic rings. The van der Waals surface area contributed by atoms with Gasteiger partial charge in [-0.2, -0.15) is 0 Å². The zero-order valence-electron chi connectivity index (χ0n) is 33.2. The molecule has 0 N–H and O–H groups in total. The molecule has 0 aliphatic carbocycles. The zero-order valence-corrected chi connectivity index (χ0v) is 35.8. The Labute approximate surface area is 381 Å². The molecule has 17 heteroatoms. The minimum absolute atomic E-state index is 0. The van der Waals surface area contributed by atoms with E-state index in [1.165, 1.54) is 48.5 Å². The number of esters is 4. The van der Waals surface area contributed by atoms with Crippen molar-refractivity contribution in [1.29, 1.82) is 0 Å². The van der Waals surface area contributed by atoms with Gasteiger partial charge < -0.3 is 28.1 Å². The van der Waals surface area contributed by atoms with Crippen molar-refractivity contribution in [2.24, 2.45) is 0 Å². The third kappa shape index (κ3) is 11.9. The Morgan fingerprint density at radius 2 is 0.554 bits per heavy atom. The van der Waals surface area contributed by atoms with Gasteiger partial charge in [0, 0.05) is 0 Å². The molecule has 0 spiro atoms. The quantitative estimate of drug-likeness (QED) is 0.0544. The minimum Gasteiger partial charge on any atom is -0.744 e. The standard InChI is InChI=1S/2C24H16O7S.Ni/c2*25-23(16-7-3-1-4-8-16)30-21-14-18-11-12-20(32(27,28)29)13-19(18)15-22(21)31-24(26)17-9-5-2-6-10-17;/h2*1-15H,(H,27,28,29);/q;;+2/p-2. The maximum absolute atomic E-state index is 12.6. The summed E-state index contributed by atoms with van der Waals surface area (Å²) in [5, 5.41) is 1.59. The van der Waals surface area contributed by atoms with Gasteiger partial charge in [-0.3, -0.25) is 0 Å². The Balaban J connectivity index is 0.000000212. The van der Waals surface area contributed by atoms with E-state index < -0.39 is 53.9 Å². The molecule has 0 aliphatic heterocycles. The van der Waals surface area contributed by atoms with Crippen molar-refractivity contribution in [2.45, 2.75) is 9.79 Å². The molecule has 14 nitrogen and oxygen atoms in total. The third-order valence-electron chi connectivity index (χ3n) is 9.17. The van der Waals surface area contributed by atoms with Crippen LogP contribution in [0.1, 0.15) is 41.4 Å². The van der Waals surface area contributed by atoms with Crippen LogP contribution in [0.15, 0.2) is 192 Å². The minimum atomic E-state index is -4.68. The zero-order chi connectivity index (χ0) is 45.4. The molecule has 0 amide bonds. The molecule has 328 valence electrons. The molecule has 0 unspecified atom stereocenters. The molecule has 0 bridgehead atoms. The first-order valence-electron chi connectivity index (χ1n) is 18.8. The molecule has 65 heavy (non-hydrogen) atoms. The Hall–Kier alpha value is -7.53. The molecule has 0 atom stereocenters. The van der Waals surface area contributed by atoms with Crippen molar-refractivity contribution in [3.63, 3.8) is 0 Å². The molecule has 0 aromatic heterocycles. The number of rotatable bonds is 10. The van der Waals surface area contributed by atoms with E-state index in [1.54, 1.807) is 121 Å². The van der Waals surface area contributed by atoms with E-state index in [1.807, 2.05) is 0 Å². The van der Waals surface area contributed by atoms with Crippen molar-refractivity contribution in [3.8, 4) is 23.0 Å². The van der Waals surface area contributed by atoms with E-state index in [-0.39, 0.29) is 50.6 Å². The van der Waals surface area contributed by atoms with E-state index in [4.69, 9.17) is 18.9 Å². The summed E-state index contributed by atoms with van der Waals surface area (Å²) in [7, 11) is -9.36. The number of carbonyl (C=O) groups excluding carboxylic acids is 4. The Bertz CT molecular complexity index is 3060. The van der Waals surface area contributed by atoms with Crippen molar-refractivity contribution in [1.82, 2.24) is 0 Å². The van der Waals surface area contributed by atoms with Gasteiger partial charge >= 0.3 is 40.4 Å². The van der Waals surface area contributed by atoms with Crippen LogP contribution in [0.4, 0.5) is 0 Å². The second kappa shape index (κ2) is 20.3. The van der Waals surface area contributed by atoms with E-state index in [0.717, 1.165) is 12.1 Å². The second-order valence-electron chi connectivity index (χ2n) is 13.5. The summed E-state index contributed by atoms with van der Waals surface area (Å²) >= 11 is 0. The van der Waals surface area contributed by atoms with Crippen LogP contribution in [0.5, 0.6) is 23.0 Å². The fraction of sp³-hybridized carbons (Fsp3) is 0. The van der Waals surface area contributed by atoms with Crippen LogP contribution in [0.3, 0.4) is 0 Å². The molecular formula is C48H30NiO14S2. The first kappa shape index (κ1) is 47.0.